The molecule has 0 aliphatic heterocycles. The minimum Gasteiger partial charge on any atom is -0.259 e. The van der Waals surface area contributed by atoms with Crippen molar-refractivity contribution < 1.29 is 13.3 Å². The van der Waals surface area contributed by atoms with Crippen LogP contribution in [0.2, 0.25) is 0 Å². The molecule has 0 spiro atoms. The van der Waals surface area contributed by atoms with Crippen LogP contribution in [0, 0.1) is 10.1 Å². The van der Waals surface area contributed by atoms with Gasteiger partial charge in [-0.1, -0.05) is 19.9 Å². The number of nitrogens with zero attached hydrogens (tertiary/aromatic N) is 1. The molecule has 1 rings (SSSR count). The molecule has 5 nitrogen and oxygen atoms in total. The zero-order valence-electron chi connectivity index (χ0n) is 9.06. The average Bonchev–Trinajstić information content (AvgIpc) is 2.19. The van der Waals surface area contributed by atoms with E-state index >= 15 is 0 Å². The minimum atomic E-state index is -3.47. The Balaban J connectivity index is 0.000000921. The normalized spacial score (nSPS) is 15.7. The summed E-state index contributed by atoms with van der Waals surface area (Å²) >= 11 is 0. The fourth-order valence-corrected chi connectivity index (χ4v) is 2.10. The van der Waals surface area contributed by atoms with Gasteiger partial charge >= 0.3 is 0 Å². The third-order valence-electron chi connectivity index (χ3n) is 1.72. The van der Waals surface area contributed by atoms with Gasteiger partial charge < -0.3 is 0 Å². The van der Waals surface area contributed by atoms with Gasteiger partial charge in [0.15, 0.2) is 9.84 Å². The largest absolute Gasteiger partial charge is 0.265 e. The van der Waals surface area contributed by atoms with Crippen molar-refractivity contribution in [2.75, 3.05) is 6.26 Å². The molecule has 0 saturated carbocycles. The van der Waals surface area contributed by atoms with Crippen LogP contribution >= 0.6 is 0 Å². The lowest BCUT2D eigenvalue weighted by Crippen LogP contribution is -2.11. The van der Waals surface area contributed by atoms with Crippen molar-refractivity contribution in [3.8, 4) is 0 Å². The number of hydrogen-bond acceptors (Lipinski definition) is 4. The van der Waals surface area contributed by atoms with Crippen molar-refractivity contribution >= 4 is 9.84 Å². The van der Waals surface area contributed by atoms with E-state index in [4.69, 9.17) is 0 Å². The molecule has 1 aliphatic rings. The van der Waals surface area contributed by atoms with Crippen LogP contribution in [0.25, 0.3) is 0 Å². The van der Waals surface area contributed by atoms with Crippen molar-refractivity contribution in [1.29, 1.82) is 0 Å². The van der Waals surface area contributed by atoms with Gasteiger partial charge in [-0.2, -0.15) is 0 Å². The molecule has 0 aromatic carbocycles. The van der Waals surface area contributed by atoms with Crippen LogP contribution in [0.3, 0.4) is 0 Å². The molecule has 0 bridgehead atoms. The first kappa shape index (κ1) is 13.8. The first-order valence-corrected chi connectivity index (χ1v) is 6.56. The van der Waals surface area contributed by atoms with Crippen LogP contribution in [0.15, 0.2) is 22.8 Å². The lowest BCUT2D eigenvalue weighted by atomic mass is 10.1. The summed E-state index contributed by atoms with van der Waals surface area (Å²) in [5, 5.41) is 10.5. The summed E-state index contributed by atoms with van der Waals surface area (Å²) in [7, 11) is -3.47. The van der Waals surface area contributed by atoms with Crippen molar-refractivity contribution in [3.05, 3.63) is 32.9 Å². The topological polar surface area (TPSA) is 77.3 Å². The maximum absolute atomic E-state index is 11.1. The Hall–Kier alpha value is -1.17. The summed E-state index contributed by atoms with van der Waals surface area (Å²) in [6.45, 7) is 4.00. The van der Waals surface area contributed by atoms with E-state index in [0.717, 1.165) is 6.26 Å². The van der Waals surface area contributed by atoms with E-state index in [2.05, 4.69) is 0 Å². The summed E-state index contributed by atoms with van der Waals surface area (Å²) in [6, 6.07) is 0. The minimum absolute atomic E-state index is 0.163. The first-order chi connectivity index (χ1) is 6.93. The molecule has 0 amide bonds. The Kier molecular flexibility index (Phi) is 5.21. The summed E-state index contributed by atoms with van der Waals surface area (Å²) in [6.07, 6.45) is 4.61. The van der Waals surface area contributed by atoms with Gasteiger partial charge in [0, 0.05) is 12.7 Å². The Morgan fingerprint density at radius 3 is 2.27 bits per heavy atom. The van der Waals surface area contributed by atoms with Crippen molar-refractivity contribution in [3.63, 3.8) is 0 Å². The molecule has 0 fully saturated rings. The van der Waals surface area contributed by atoms with E-state index < -0.39 is 14.8 Å². The SMILES string of the molecule is CC.CS(=O)(=O)C1=C([N+](=O)[O-])CCC=C1. The van der Waals surface area contributed by atoms with Crippen LogP contribution in [0.5, 0.6) is 0 Å². The van der Waals surface area contributed by atoms with E-state index in [9.17, 15) is 18.5 Å². The molecule has 0 radical (unpaired) electrons. The van der Waals surface area contributed by atoms with Gasteiger partial charge in [0.05, 0.1) is 4.92 Å². The second kappa shape index (κ2) is 5.65. The predicted molar refractivity (Wildman–Crippen MR) is 58.6 cm³/mol. The van der Waals surface area contributed by atoms with Crippen LogP contribution < -0.4 is 0 Å². The quantitative estimate of drug-likeness (QED) is 0.539. The Bertz CT molecular complexity index is 392. The van der Waals surface area contributed by atoms with Gasteiger partial charge in [-0.05, 0) is 12.5 Å². The zero-order chi connectivity index (χ0) is 12.1. The van der Waals surface area contributed by atoms with Gasteiger partial charge in [-0.25, -0.2) is 8.42 Å². The summed E-state index contributed by atoms with van der Waals surface area (Å²) in [5.74, 6) is 0. The van der Waals surface area contributed by atoms with Crippen molar-refractivity contribution in [2.45, 2.75) is 26.7 Å². The van der Waals surface area contributed by atoms with E-state index in [0.29, 0.717) is 6.42 Å². The second-order valence-corrected chi connectivity index (χ2v) is 4.77. The highest BCUT2D eigenvalue weighted by Gasteiger charge is 2.25. The fourth-order valence-electron chi connectivity index (χ4n) is 1.15. The standard InChI is InChI=1S/C7H9NO4S.C2H6/c1-13(11,12)7-5-3-2-4-6(7)8(9)10;1-2/h3,5H,2,4H2,1H3;1-2H3. The summed E-state index contributed by atoms with van der Waals surface area (Å²) in [5.41, 5.74) is -0.204. The highest BCUT2D eigenvalue weighted by Crippen LogP contribution is 2.22. The number of allylic oxidation sites excluding steroid dienone is 3. The Morgan fingerprint density at radius 2 is 1.93 bits per heavy atom. The lowest BCUT2D eigenvalue weighted by Gasteiger charge is -2.06. The molecule has 15 heavy (non-hydrogen) atoms. The zero-order valence-corrected chi connectivity index (χ0v) is 9.87. The van der Waals surface area contributed by atoms with Crippen LogP contribution in [0.1, 0.15) is 26.7 Å². The molecule has 0 heterocycles. The molecule has 0 atom stereocenters. The monoisotopic (exact) mass is 233 g/mol. The highest BCUT2D eigenvalue weighted by molar-refractivity contribution is 7.94. The molecule has 0 aromatic rings. The van der Waals surface area contributed by atoms with Crippen molar-refractivity contribution in [2.24, 2.45) is 0 Å². The van der Waals surface area contributed by atoms with E-state index in [1.54, 1.807) is 6.08 Å². The number of hydrogen-bond donors (Lipinski definition) is 0. The van der Waals surface area contributed by atoms with Gasteiger partial charge in [-0.15, -0.1) is 0 Å². The number of nitro groups is 1. The molecular weight excluding hydrogens is 218 g/mol. The van der Waals surface area contributed by atoms with E-state index in [1.165, 1.54) is 6.08 Å². The highest BCUT2D eigenvalue weighted by atomic mass is 32.2. The second-order valence-electron chi connectivity index (χ2n) is 2.78. The van der Waals surface area contributed by atoms with Crippen LogP contribution in [-0.2, 0) is 9.84 Å². The average molecular weight is 233 g/mol. The smallest absolute Gasteiger partial charge is 0.259 e. The maximum atomic E-state index is 11.1. The molecule has 1 aliphatic carbocycles. The summed E-state index contributed by atoms with van der Waals surface area (Å²) < 4.78 is 22.2. The maximum Gasteiger partial charge on any atom is 0.265 e. The molecule has 0 aromatic heterocycles. The molecule has 86 valence electrons. The van der Waals surface area contributed by atoms with Crippen LogP contribution in [0.4, 0.5) is 0 Å². The third kappa shape index (κ3) is 3.83. The summed E-state index contributed by atoms with van der Waals surface area (Å²) in [4.78, 5) is 9.67. The molecule has 0 unspecified atom stereocenters. The molecule has 6 heteroatoms. The number of sulfone groups is 1. The number of rotatable bonds is 2. The molecular formula is C9H15NO4S. The predicted octanol–water partition coefficient (Wildman–Crippen LogP) is 1.90. The van der Waals surface area contributed by atoms with Gasteiger partial charge in [-0.3, -0.25) is 10.1 Å². The van der Waals surface area contributed by atoms with E-state index in [1.807, 2.05) is 13.8 Å². The Labute approximate surface area is 89.6 Å². The van der Waals surface area contributed by atoms with Gasteiger partial charge in [0.25, 0.3) is 5.70 Å². The first-order valence-electron chi connectivity index (χ1n) is 4.67. The molecule has 0 N–H and O–H groups in total. The van der Waals surface area contributed by atoms with Crippen molar-refractivity contribution in [1.82, 2.24) is 0 Å². The lowest BCUT2D eigenvalue weighted by molar-refractivity contribution is -0.428. The van der Waals surface area contributed by atoms with Gasteiger partial charge in [0.1, 0.15) is 4.91 Å². The Morgan fingerprint density at radius 1 is 1.40 bits per heavy atom. The fraction of sp³-hybridized carbons (Fsp3) is 0.556. The molecule has 0 saturated heterocycles. The third-order valence-corrected chi connectivity index (χ3v) is 2.89. The van der Waals surface area contributed by atoms with Crippen LogP contribution in [-0.4, -0.2) is 19.6 Å². The van der Waals surface area contributed by atoms with Gasteiger partial charge in [0.2, 0.25) is 0 Å². The van der Waals surface area contributed by atoms with E-state index in [-0.39, 0.29) is 17.0 Å².